The Kier molecular flexibility index (Phi) is 6.24. The van der Waals surface area contributed by atoms with Crippen LogP contribution in [0.5, 0.6) is 0 Å². The van der Waals surface area contributed by atoms with Crippen LogP contribution in [0, 0.1) is 0 Å². The van der Waals surface area contributed by atoms with Crippen LogP contribution in [-0.4, -0.2) is 62.7 Å². The van der Waals surface area contributed by atoms with Crippen molar-refractivity contribution >= 4 is 11.5 Å². The molecule has 1 aromatic rings. The van der Waals surface area contributed by atoms with Gasteiger partial charge in [0.25, 0.3) is 0 Å². The molecule has 0 radical (unpaired) electrons. The van der Waals surface area contributed by atoms with Gasteiger partial charge in [0.1, 0.15) is 0 Å². The van der Waals surface area contributed by atoms with Gasteiger partial charge in [-0.2, -0.15) is 0 Å². The minimum atomic E-state index is -0.0814. The molecule has 1 fully saturated rings. The molecule has 0 spiro atoms. The van der Waals surface area contributed by atoms with Gasteiger partial charge in [-0.3, -0.25) is 9.69 Å². The van der Waals surface area contributed by atoms with E-state index in [1.807, 2.05) is 12.1 Å². The lowest BCUT2D eigenvalue weighted by Crippen LogP contribution is -2.40. The zero-order chi connectivity index (χ0) is 16.8. The number of fused-ring (bicyclic) bond motifs is 1. The molecule has 2 heterocycles. The fourth-order valence-electron chi connectivity index (χ4n) is 3.49. The van der Waals surface area contributed by atoms with Crippen molar-refractivity contribution in [2.24, 2.45) is 0 Å². The Bertz CT molecular complexity index is 556. The molecule has 1 unspecified atom stereocenters. The van der Waals surface area contributed by atoms with Crippen LogP contribution in [0.25, 0.3) is 0 Å². The third-order valence-electron chi connectivity index (χ3n) is 4.97. The summed E-state index contributed by atoms with van der Waals surface area (Å²) in [7, 11) is 0. The van der Waals surface area contributed by atoms with Crippen molar-refractivity contribution in [3.8, 4) is 0 Å². The number of Topliss-reactive ketones (excluding diaryl/α,β-unsaturated/α-hetero) is 1. The number of carbonyl (C=O) groups excluding carboxylic acids is 1. The maximum absolute atomic E-state index is 12.8. The van der Waals surface area contributed by atoms with Crippen LogP contribution in [0.4, 0.5) is 5.69 Å². The molecule has 2 aliphatic rings. The first-order valence-electron chi connectivity index (χ1n) is 9.22. The first-order valence-corrected chi connectivity index (χ1v) is 9.22. The number of rotatable bonds is 8. The van der Waals surface area contributed by atoms with E-state index in [2.05, 4.69) is 28.5 Å². The fraction of sp³-hybridized carbons (Fsp3) is 0.632. The first-order chi connectivity index (χ1) is 11.8. The second-order valence-corrected chi connectivity index (χ2v) is 6.64. The zero-order valence-corrected chi connectivity index (χ0v) is 14.6. The quantitative estimate of drug-likeness (QED) is 0.563. The van der Waals surface area contributed by atoms with E-state index in [0.29, 0.717) is 0 Å². The predicted molar refractivity (Wildman–Crippen MR) is 96.9 cm³/mol. The number of nitrogens with zero attached hydrogens (tertiary/aromatic N) is 1. The van der Waals surface area contributed by atoms with E-state index in [1.165, 1.54) is 11.3 Å². The van der Waals surface area contributed by atoms with E-state index in [-0.39, 0.29) is 11.8 Å². The molecular weight excluding hydrogens is 302 g/mol. The molecule has 0 amide bonds. The molecule has 0 saturated carbocycles. The van der Waals surface area contributed by atoms with Gasteiger partial charge < -0.3 is 15.4 Å². The van der Waals surface area contributed by atoms with Gasteiger partial charge in [0.2, 0.25) is 0 Å². The van der Waals surface area contributed by atoms with Crippen molar-refractivity contribution in [3.05, 3.63) is 29.3 Å². The molecule has 2 N–H and O–H groups in total. The van der Waals surface area contributed by atoms with Crippen LogP contribution in [0.3, 0.4) is 0 Å². The Morgan fingerprint density at radius 2 is 2.21 bits per heavy atom. The minimum absolute atomic E-state index is 0.0814. The molecule has 24 heavy (non-hydrogen) atoms. The summed E-state index contributed by atoms with van der Waals surface area (Å²) in [5, 5.41) is 6.79. The molecule has 0 aromatic heterocycles. The lowest BCUT2D eigenvalue weighted by atomic mass is 9.99. The molecular formula is C19H29N3O2. The first kappa shape index (κ1) is 17.4. The summed E-state index contributed by atoms with van der Waals surface area (Å²) in [6.45, 7) is 8.75. The average molecular weight is 331 g/mol. The van der Waals surface area contributed by atoms with Crippen molar-refractivity contribution in [2.75, 3.05) is 51.3 Å². The predicted octanol–water partition coefficient (Wildman–Crippen LogP) is 1.93. The van der Waals surface area contributed by atoms with Crippen LogP contribution < -0.4 is 10.6 Å². The number of ether oxygens (including phenoxy) is 1. The molecule has 132 valence electrons. The average Bonchev–Trinajstić information content (AvgIpc) is 3.10. The molecule has 1 aromatic carbocycles. The monoisotopic (exact) mass is 331 g/mol. The van der Waals surface area contributed by atoms with Crippen molar-refractivity contribution < 1.29 is 9.53 Å². The van der Waals surface area contributed by atoms with Crippen molar-refractivity contribution in [1.29, 1.82) is 0 Å². The molecule has 1 saturated heterocycles. The summed E-state index contributed by atoms with van der Waals surface area (Å²) < 4.78 is 5.37. The highest BCUT2D eigenvalue weighted by Crippen LogP contribution is 2.23. The van der Waals surface area contributed by atoms with Gasteiger partial charge in [-0.05, 0) is 56.1 Å². The molecule has 5 nitrogen and oxygen atoms in total. The number of hydrogen-bond donors (Lipinski definition) is 2. The number of benzene rings is 1. The Morgan fingerprint density at radius 3 is 3.00 bits per heavy atom. The maximum Gasteiger partial charge on any atom is 0.179 e. The Hall–Kier alpha value is -1.43. The third-order valence-corrected chi connectivity index (χ3v) is 4.97. The molecule has 1 atom stereocenters. The van der Waals surface area contributed by atoms with Crippen LogP contribution in [0.15, 0.2) is 18.2 Å². The highest BCUT2D eigenvalue weighted by molar-refractivity contribution is 6.00. The standard InChI is InChI=1S/C19H29N3O2/c1-2-17(20-7-3-9-22-10-12-24-13-11-22)19(23)16-4-5-18-15(14-16)6-8-21-18/h4-5,14,17,20-21H,2-3,6-13H2,1H3. The smallest absolute Gasteiger partial charge is 0.179 e. The van der Waals surface area contributed by atoms with Crippen molar-refractivity contribution in [2.45, 2.75) is 32.2 Å². The van der Waals surface area contributed by atoms with Gasteiger partial charge in [-0.15, -0.1) is 0 Å². The highest BCUT2D eigenvalue weighted by Gasteiger charge is 2.20. The summed E-state index contributed by atoms with van der Waals surface area (Å²) in [6, 6.07) is 5.98. The SMILES string of the molecule is CCC(NCCCN1CCOCC1)C(=O)c1ccc2c(c1)CCN2. The van der Waals surface area contributed by atoms with Gasteiger partial charge in [0, 0.05) is 30.9 Å². The van der Waals surface area contributed by atoms with Gasteiger partial charge >= 0.3 is 0 Å². The minimum Gasteiger partial charge on any atom is -0.384 e. The molecule has 0 aliphatic carbocycles. The van der Waals surface area contributed by atoms with Crippen LogP contribution in [0.1, 0.15) is 35.7 Å². The van der Waals surface area contributed by atoms with Crippen LogP contribution >= 0.6 is 0 Å². The van der Waals surface area contributed by atoms with Gasteiger partial charge in [-0.1, -0.05) is 6.92 Å². The topological polar surface area (TPSA) is 53.6 Å². The zero-order valence-electron chi connectivity index (χ0n) is 14.6. The number of anilines is 1. The van der Waals surface area contributed by atoms with Gasteiger partial charge in [0.15, 0.2) is 5.78 Å². The Balaban J connectivity index is 1.47. The second kappa shape index (κ2) is 8.60. The van der Waals surface area contributed by atoms with E-state index in [0.717, 1.165) is 70.8 Å². The molecule has 3 rings (SSSR count). The largest absolute Gasteiger partial charge is 0.384 e. The second-order valence-electron chi connectivity index (χ2n) is 6.64. The van der Waals surface area contributed by atoms with E-state index >= 15 is 0 Å². The van der Waals surface area contributed by atoms with Crippen molar-refractivity contribution in [3.63, 3.8) is 0 Å². The summed E-state index contributed by atoms with van der Waals surface area (Å²) in [5.41, 5.74) is 3.28. The highest BCUT2D eigenvalue weighted by atomic mass is 16.5. The summed E-state index contributed by atoms with van der Waals surface area (Å²) in [4.78, 5) is 15.2. The summed E-state index contributed by atoms with van der Waals surface area (Å²) in [6.07, 6.45) is 2.91. The molecule has 5 heteroatoms. The van der Waals surface area contributed by atoms with Gasteiger partial charge in [0.05, 0.1) is 19.3 Å². The number of nitrogens with one attached hydrogen (secondary N) is 2. The van der Waals surface area contributed by atoms with Crippen LogP contribution in [0.2, 0.25) is 0 Å². The van der Waals surface area contributed by atoms with Crippen LogP contribution in [-0.2, 0) is 11.2 Å². The van der Waals surface area contributed by atoms with E-state index in [9.17, 15) is 4.79 Å². The van der Waals surface area contributed by atoms with E-state index in [1.54, 1.807) is 0 Å². The number of morpholine rings is 1. The lowest BCUT2D eigenvalue weighted by Gasteiger charge is -2.26. The normalized spacial score (nSPS) is 18.9. The summed E-state index contributed by atoms with van der Waals surface area (Å²) in [5.74, 6) is 0.221. The number of ketones is 1. The number of carbonyl (C=O) groups is 1. The lowest BCUT2D eigenvalue weighted by molar-refractivity contribution is 0.0374. The number of hydrogen-bond acceptors (Lipinski definition) is 5. The Labute approximate surface area is 144 Å². The fourth-order valence-corrected chi connectivity index (χ4v) is 3.49. The third kappa shape index (κ3) is 4.35. The van der Waals surface area contributed by atoms with E-state index in [4.69, 9.17) is 4.74 Å². The molecule has 0 bridgehead atoms. The Morgan fingerprint density at radius 1 is 1.38 bits per heavy atom. The maximum atomic E-state index is 12.8. The van der Waals surface area contributed by atoms with Crippen molar-refractivity contribution in [1.82, 2.24) is 10.2 Å². The molecule has 2 aliphatic heterocycles. The van der Waals surface area contributed by atoms with Gasteiger partial charge in [-0.25, -0.2) is 0 Å². The summed E-state index contributed by atoms with van der Waals surface area (Å²) >= 11 is 0. The van der Waals surface area contributed by atoms with E-state index < -0.39 is 0 Å².